The van der Waals surface area contributed by atoms with Crippen molar-refractivity contribution in [3.05, 3.63) is 58.5 Å². The van der Waals surface area contributed by atoms with Crippen LogP contribution in [-0.4, -0.2) is 21.3 Å². The number of benzene rings is 1. The van der Waals surface area contributed by atoms with Gasteiger partial charge in [0.25, 0.3) is 0 Å². The molecule has 4 rings (SSSR count). The number of carbonyl (C=O) groups is 1. The van der Waals surface area contributed by atoms with E-state index in [1.54, 1.807) is 0 Å². The Kier molecular flexibility index (Phi) is 4.08. The zero-order chi connectivity index (χ0) is 17.4. The number of halogens is 1. The highest BCUT2D eigenvalue weighted by Gasteiger charge is 2.41. The fourth-order valence-corrected chi connectivity index (χ4v) is 3.09. The first-order chi connectivity index (χ1) is 12.1. The molecule has 2 fully saturated rings. The standard InChI is InChI=1S/C20H20ClN3O/c1-13(25)17-16(21)19(23-18(22-17)15-7-8-15)24-20(11-12-20)10-9-14-5-3-2-4-6-14/h2-6,9-10,15H,7-8,11-12H2,1H3,(H,22,23,24)/b10-9+. The van der Waals surface area contributed by atoms with E-state index in [1.807, 2.05) is 18.2 Å². The van der Waals surface area contributed by atoms with Gasteiger partial charge in [-0.2, -0.15) is 0 Å². The van der Waals surface area contributed by atoms with Gasteiger partial charge in [0.15, 0.2) is 5.78 Å². The highest BCUT2D eigenvalue weighted by Crippen LogP contribution is 2.44. The number of hydrogen-bond acceptors (Lipinski definition) is 4. The van der Waals surface area contributed by atoms with Gasteiger partial charge in [-0.3, -0.25) is 4.79 Å². The van der Waals surface area contributed by atoms with E-state index in [1.165, 1.54) is 6.92 Å². The lowest BCUT2D eigenvalue weighted by molar-refractivity contribution is 0.101. The molecule has 0 amide bonds. The Bertz CT molecular complexity index is 840. The average Bonchev–Trinajstić information content (AvgIpc) is 3.51. The zero-order valence-electron chi connectivity index (χ0n) is 14.1. The minimum absolute atomic E-state index is 0.123. The molecule has 2 aliphatic carbocycles. The van der Waals surface area contributed by atoms with Crippen LogP contribution in [0.15, 0.2) is 36.4 Å². The zero-order valence-corrected chi connectivity index (χ0v) is 14.9. The first-order valence-corrected chi connectivity index (χ1v) is 9.05. The van der Waals surface area contributed by atoms with Crippen molar-refractivity contribution in [1.29, 1.82) is 0 Å². The van der Waals surface area contributed by atoms with E-state index in [2.05, 4.69) is 39.6 Å². The van der Waals surface area contributed by atoms with Crippen molar-refractivity contribution in [2.24, 2.45) is 0 Å². The van der Waals surface area contributed by atoms with Gasteiger partial charge >= 0.3 is 0 Å². The van der Waals surface area contributed by atoms with Gasteiger partial charge < -0.3 is 5.32 Å². The second-order valence-corrected chi connectivity index (χ2v) is 7.33. The third-order valence-corrected chi connectivity index (χ3v) is 5.05. The van der Waals surface area contributed by atoms with Crippen molar-refractivity contribution < 1.29 is 4.79 Å². The van der Waals surface area contributed by atoms with Gasteiger partial charge in [-0.05, 0) is 31.2 Å². The predicted molar refractivity (Wildman–Crippen MR) is 100 cm³/mol. The summed E-state index contributed by atoms with van der Waals surface area (Å²) in [5, 5.41) is 3.79. The summed E-state index contributed by atoms with van der Waals surface area (Å²) in [6, 6.07) is 10.2. The van der Waals surface area contributed by atoms with E-state index in [-0.39, 0.29) is 11.3 Å². The Hall–Kier alpha value is -2.20. The highest BCUT2D eigenvalue weighted by molar-refractivity contribution is 6.35. The van der Waals surface area contributed by atoms with Crippen LogP contribution in [0.5, 0.6) is 0 Å². The molecule has 1 heterocycles. The molecule has 5 heteroatoms. The smallest absolute Gasteiger partial charge is 0.179 e. The molecule has 1 aromatic heterocycles. The van der Waals surface area contributed by atoms with Gasteiger partial charge in [0.1, 0.15) is 22.4 Å². The number of ketones is 1. The maximum Gasteiger partial charge on any atom is 0.179 e. The van der Waals surface area contributed by atoms with E-state index in [0.29, 0.717) is 22.5 Å². The monoisotopic (exact) mass is 353 g/mol. The quantitative estimate of drug-likeness (QED) is 0.753. The molecule has 1 N–H and O–H groups in total. The number of anilines is 1. The second-order valence-electron chi connectivity index (χ2n) is 6.95. The molecule has 2 aromatic rings. The van der Waals surface area contributed by atoms with E-state index in [4.69, 9.17) is 11.6 Å². The van der Waals surface area contributed by atoms with Crippen LogP contribution in [0, 0.1) is 0 Å². The van der Waals surface area contributed by atoms with Crippen LogP contribution >= 0.6 is 11.6 Å². The van der Waals surface area contributed by atoms with E-state index in [0.717, 1.165) is 37.1 Å². The Morgan fingerprint density at radius 3 is 2.56 bits per heavy atom. The minimum atomic E-state index is -0.136. The van der Waals surface area contributed by atoms with Gasteiger partial charge in [0.05, 0.1) is 5.54 Å². The summed E-state index contributed by atoms with van der Waals surface area (Å²) < 4.78 is 0. The lowest BCUT2D eigenvalue weighted by Gasteiger charge is -2.17. The van der Waals surface area contributed by atoms with Crippen LogP contribution in [0.3, 0.4) is 0 Å². The van der Waals surface area contributed by atoms with Crippen molar-refractivity contribution in [2.45, 2.75) is 44.1 Å². The molecule has 0 aliphatic heterocycles. The van der Waals surface area contributed by atoms with E-state index in [9.17, 15) is 4.79 Å². The van der Waals surface area contributed by atoms with E-state index < -0.39 is 0 Å². The van der Waals surface area contributed by atoms with Crippen LogP contribution in [-0.2, 0) is 0 Å². The molecule has 2 aliphatic rings. The molecule has 1 aromatic carbocycles. The third-order valence-electron chi connectivity index (χ3n) is 4.69. The van der Waals surface area contributed by atoms with Crippen molar-refractivity contribution >= 4 is 29.3 Å². The Morgan fingerprint density at radius 1 is 1.24 bits per heavy atom. The number of Topliss-reactive ketones (excluding diaryl/α,β-unsaturated/α-hetero) is 1. The molecule has 25 heavy (non-hydrogen) atoms. The molecule has 0 spiro atoms. The normalized spacial score (nSPS) is 18.3. The van der Waals surface area contributed by atoms with Gasteiger partial charge in [-0.15, -0.1) is 0 Å². The number of hydrogen-bond donors (Lipinski definition) is 1. The molecular formula is C20H20ClN3O. The van der Waals surface area contributed by atoms with Crippen molar-refractivity contribution in [1.82, 2.24) is 9.97 Å². The summed E-state index contributed by atoms with van der Waals surface area (Å²) in [6.45, 7) is 1.50. The molecule has 0 bridgehead atoms. The second kappa shape index (κ2) is 6.26. The topological polar surface area (TPSA) is 54.9 Å². The highest BCUT2D eigenvalue weighted by atomic mass is 35.5. The van der Waals surface area contributed by atoms with E-state index >= 15 is 0 Å². The number of aromatic nitrogens is 2. The maximum atomic E-state index is 11.9. The number of rotatable bonds is 6. The first kappa shape index (κ1) is 16.3. The molecule has 2 saturated carbocycles. The molecule has 0 saturated heterocycles. The van der Waals surface area contributed by atoms with Gasteiger partial charge in [-0.25, -0.2) is 9.97 Å². The fraction of sp³-hybridized carbons (Fsp3) is 0.350. The predicted octanol–water partition coefficient (Wildman–Crippen LogP) is 4.87. The summed E-state index contributed by atoms with van der Waals surface area (Å²) in [7, 11) is 0. The Balaban J connectivity index is 1.61. The van der Waals surface area contributed by atoms with Crippen LogP contribution in [0.1, 0.15) is 60.4 Å². The van der Waals surface area contributed by atoms with Crippen molar-refractivity contribution in [2.75, 3.05) is 5.32 Å². The lowest BCUT2D eigenvalue weighted by atomic mass is 10.1. The lowest BCUT2D eigenvalue weighted by Crippen LogP contribution is -2.21. The number of carbonyl (C=O) groups excluding carboxylic acids is 1. The molecule has 128 valence electrons. The van der Waals surface area contributed by atoms with Crippen LogP contribution in [0.25, 0.3) is 6.08 Å². The largest absolute Gasteiger partial charge is 0.360 e. The molecule has 0 radical (unpaired) electrons. The van der Waals surface area contributed by atoms with Crippen LogP contribution in [0.2, 0.25) is 5.02 Å². The number of nitrogens with one attached hydrogen (secondary N) is 1. The minimum Gasteiger partial charge on any atom is -0.360 e. The molecular weight excluding hydrogens is 334 g/mol. The van der Waals surface area contributed by atoms with Gasteiger partial charge in [-0.1, -0.05) is 54.1 Å². The van der Waals surface area contributed by atoms with Gasteiger partial charge in [0, 0.05) is 12.8 Å². The molecule has 0 atom stereocenters. The van der Waals surface area contributed by atoms with Crippen molar-refractivity contribution in [3.63, 3.8) is 0 Å². The average molecular weight is 354 g/mol. The Labute approximate surface area is 152 Å². The van der Waals surface area contributed by atoms with Crippen LogP contribution in [0.4, 0.5) is 5.82 Å². The first-order valence-electron chi connectivity index (χ1n) is 8.67. The summed E-state index contributed by atoms with van der Waals surface area (Å²) >= 11 is 6.42. The SMILES string of the molecule is CC(=O)c1nc(C2CC2)nc(NC2(/C=C/c3ccccc3)CC2)c1Cl. The van der Waals surface area contributed by atoms with Crippen LogP contribution < -0.4 is 5.32 Å². The maximum absolute atomic E-state index is 11.9. The summed E-state index contributed by atoms with van der Waals surface area (Å²) in [4.78, 5) is 20.9. The van der Waals surface area contributed by atoms with Gasteiger partial charge in [0.2, 0.25) is 0 Å². The summed E-state index contributed by atoms with van der Waals surface area (Å²) in [6.07, 6.45) is 8.48. The molecule has 0 unspecified atom stereocenters. The summed E-state index contributed by atoms with van der Waals surface area (Å²) in [5.74, 6) is 1.56. The number of nitrogens with zero attached hydrogens (tertiary/aromatic N) is 2. The summed E-state index contributed by atoms with van der Waals surface area (Å²) in [5.41, 5.74) is 1.35. The fourth-order valence-electron chi connectivity index (χ4n) is 2.83. The third kappa shape index (κ3) is 3.59. The van der Waals surface area contributed by atoms with Crippen molar-refractivity contribution in [3.8, 4) is 0 Å². The Morgan fingerprint density at radius 2 is 1.96 bits per heavy atom. The molecule has 4 nitrogen and oxygen atoms in total.